The lowest BCUT2D eigenvalue weighted by Crippen LogP contribution is -2.15. The number of hydrogen-bond acceptors (Lipinski definition) is 1. The monoisotopic (exact) mass is 252 g/mol. The third kappa shape index (κ3) is 3.85. The molecule has 0 radical (unpaired) electrons. The van der Waals surface area contributed by atoms with Gasteiger partial charge in [-0.1, -0.05) is 45.0 Å². The number of alkyl halides is 1. The second-order valence-electron chi connectivity index (χ2n) is 5.03. The van der Waals surface area contributed by atoms with E-state index in [0.29, 0.717) is 12.3 Å². The van der Waals surface area contributed by atoms with Crippen LogP contribution in [0.4, 0.5) is 0 Å². The first-order chi connectivity index (χ1) is 8.01. The van der Waals surface area contributed by atoms with E-state index in [1.54, 1.807) is 0 Å². The number of carbonyl (C=O) groups excluding carboxylic acids is 1. The Morgan fingerprint density at radius 1 is 1.24 bits per heavy atom. The largest absolute Gasteiger partial charge is 0.294 e. The van der Waals surface area contributed by atoms with E-state index in [1.807, 2.05) is 12.1 Å². The van der Waals surface area contributed by atoms with Crippen molar-refractivity contribution >= 4 is 17.4 Å². The fraction of sp³-hybridized carbons (Fsp3) is 0.533. The van der Waals surface area contributed by atoms with Gasteiger partial charge >= 0.3 is 0 Å². The van der Waals surface area contributed by atoms with E-state index < -0.39 is 0 Å². The number of Topliss-reactive ketones (excluding diaryl/α,β-unsaturated/α-hetero) is 1. The first-order valence-electron chi connectivity index (χ1n) is 6.21. The van der Waals surface area contributed by atoms with Crippen LogP contribution >= 0.6 is 11.6 Å². The van der Waals surface area contributed by atoms with Crippen LogP contribution < -0.4 is 0 Å². The first kappa shape index (κ1) is 14.2. The van der Waals surface area contributed by atoms with Crippen LogP contribution in [0.2, 0.25) is 0 Å². The first-order valence-corrected chi connectivity index (χ1v) is 6.74. The predicted octanol–water partition coefficient (Wildman–Crippen LogP) is 4.58. The van der Waals surface area contributed by atoms with E-state index in [2.05, 4.69) is 32.9 Å². The van der Waals surface area contributed by atoms with Gasteiger partial charge in [0.05, 0.1) is 0 Å². The summed E-state index contributed by atoms with van der Waals surface area (Å²) in [5.74, 6) is 0.735. The minimum Gasteiger partial charge on any atom is -0.294 e. The van der Waals surface area contributed by atoms with Crippen molar-refractivity contribution in [2.24, 2.45) is 0 Å². The van der Waals surface area contributed by atoms with Crippen molar-refractivity contribution in [3.8, 4) is 0 Å². The van der Waals surface area contributed by atoms with Gasteiger partial charge in [-0.3, -0.25) is 4.79 Å². The zero-order valence-electron chi connectivity index (χ0n) is 10.9. The molecule has 0 amide bonds. The van der Waals surface area contributed by atoms with Gasteiger partial charge in [0.15, 0.2) is 5.78 Å². The molecule has 0 heterocycles. The average molecular weight is 253 g/mol. The fourth-order valence-corrected chi connectivity index (χ4v) is 1.82. The highest BCUT2D eigenvalue weighted by molar-refractivity contribution is 6.18. The van der Waals surface area contributed by atoms with Gasteiger partial charge in [0.2, 0.25) is 0 Å². The highest BCUT2D eigenvalue weighted by Crippen LogP contribution is 2.26. The molecule has 0 bridgehead atoms. The van der Waals surface area contributed by atoms with E-state index in [0.717, 1.165) is 18.4 Å². The maximum atomic E-state index is 11.8. The van der Waals surface area contributed by atoms with Crippen molar-refractivity contribution in [2.45, 2.75) is 45.4 Å². The van der Waals surface area contributed by atoms with Crippen LogP contribution in [0.15, 0.2) is 24.3 Å². The Hall–Kier alpha value is -0.820. The molecule has 0 aliphatic heterocycles. The highest BCUT2D eigenvalue weighted by Gasteiger charge is 2.18. The summed E-state index contributed by atoms with van der Waals surface area (Å²) < 4.78 is 0. The molecule has 0 N–H and O–H groups in total. The molecule has 17 heavy (non-hydrogen) atoms. The zero-order chi connectivity index (χ0) is 12.9. The van der Waals surface area contributed by atoms with Crippen molar-refractivity contribution in [3.63, 3.8) is 0 Å². The highest BCUT2D eigenvalue weighted by atomic mass is 35.5. The molecule has 0 saturated carbocycles. The Kier molecular flexibility index (Phi) is 5.20. The molecule has 0 aliphatic rings. The Morgan fingerprint density at radius 2 is 1.82 bits per heavy atom. The van der Waals surface area contributed by atoms with Crippen LogP contribution in [0.3, 0.4) is 0 Å². The van der Waals surface area contributed by atoms with E-state index in [4.69, 9.17) is 11.6 Å². The molecule has 1 rings (SSSR count). The summed E-state index contributed by atoms with van der Waals surface area (Å²) in [6.07, 6.45) is 2.38. The van der Waals surface area contributed by atoms with Gasteiger partial charge in [-0.05, 0) is 23.8 Å². The Morgan fingerprint density at radius 3 is 2.29 bits per heavy atom. The summed E-state index contributed by atoms with van der Waals surface area (Å²) >= 11 is 5.58. The molecule has 0 spiro atoms. The lowest BCUT2D eigenvalue weighted by atomic mass is 9.82. The molecule has 94 valence electrons. The van der Waals surface area contributed by atoms with Crippen molar-refractivity contribution in [3.05, 3.63) is 35.4 Å². The average Bonchev–Trinajstić information content (AvgIpc) is 2.36. The Labute approximate surface area is 109 Å². The second kappa shape index (κ2) is 6.20. The summed E-state index contributed by atoms with van der Waals surface area (Å²) in [4.78, 5) is 11.8. The van der Waals surface area contributed by atoms with Crippen molar-refractivity contribution in [2.75, 3.05) is 5.88 Å². The minimum atomic E-state index is 0.178. The third-order valence-corrected chi connectivity index (χ3v) is 3.68. The molecule has 2 heteroatoms. The van der Waals surface area contributed by atoms with Gasteiger partial charge in [-0.15, -0.1) is 11.6 Å². The van der Waals surface area contributed by atoms with Crippen LogP contribution in [-0.4, -0.2) is 11.7 Å². The number of ketones is 1. The molecule has 0 aromatic heterocycles. The molecule has 1 nitrogen and oxygen atoms in total. The van der Waals surface area contributed by atoms with Crippen molar-refractivity contribution in [1.82, 2.24) is 0 Å². The van der Waals surface area contributed by atoms with E-state index in [1.165, 1.54) is 5.56 Å². The Balaban J connectivity index is 2.78. The van der Waals surface area contributed by atoms with Crippen LogP contribution in [0, 0.1) is 0 Å². The van der Waals surface area contributed by atoms with Gasteiger partial charge in [0, 0.05) is 17.9 Å². The normalized spacial score (nSPS) is 11.5. The summed E-state index contributed by atoms with van der Waals surface area (Å²) in [6, 6.07) is 8.00. The maximum Gasteiger partial charge on any atom is 0.162 e. The van der Waals surface area contributed by atoms with Crippen LogP contribution in [0.1, 0.15) is 56.0 Å². The molecule has 0 aliphatic carbocycles. The van der Waals surface area contributed by atoms with Crippen LogP contribution in [0.5, 0.6) is 0 Å². The number of rotatable bonds is 6. The molecule has 0 unspecified atom stereocenters. The van der Waals surface area contributed by atoms with E-state index in [9.17, 15) is 4.79 Å². The van der Waals surface area contributed by atoms with Crippen LogP contribution in [-0.2, 0) is 5.41 Å². The second-order valence-corrected chi connectivity index (χ2v) is 5.41. The Bertz CT molecular complexity index is 365. The number of carbonyl (C=O) groups is 1. The smallest absolute Gasteiger partial charge is 0.162 e. The van der Waals surface area contributed by atoms with Crippen molar-refractivity contribution < 1.29 is 4.79 Å². The quantitative estimate of drug-likeness (QED) is 0.535. The summed E-state index contributed by atoms with van der Waals surface area (Å²) in [7, 11) is 0. The summed E-state index contributed by atoms with van der Waals surface area (Å²) in [5.41, 5.74) is 2.26. The summed E-state index contributed by atoms with van der Waals surface area (Å²) in [6.45, 7) is 6.62. The van der Waals surface area contributed by atoms with Gasteiger partial charge in [-0.2, -0.15) is 0 Å². The molecular formula is C15H21ClO. The topological polar surface area (TPSA) is 17.1 Å². The standard InChI is InChI=1S/C15H21ClO/c1-4-15(2,3)13-9-7-12(8-10-13)14(17)6-5-11-16/h7-10H,4-6,11H2,1-3H3. The van der Waals surface area contributed by atoms with Gasteiger partial charge in [-0.25, -0.2) is 0 Å². The number of benzene rings is 1. The minimum absolute atomic E-state index is 0.178. The zero-order valence-corrected chi connectivity index (χ0v) is 11.7. The van der Waals surface area contributed by atoms with E-state index >= 15 is 0 Å². The molecule has 1 aromatic carbocycles. The van der Waals surface area contributed by atoms with Gasteiger partial charge < -0.3 is 0 Å². The number of halogens is 1. The molecular weight excluding hydrogens is 232 g/mol. The molecule has 0 atom stereocenters. The molecule has 0 saturated heterocycles. The molecule has 1 aromatic rings. The maximum absolute atomic E-state index is 11.8. The summed E-state index contributed by atoms with van der Waals surface area (Å²) in [5, 5.41) is 0. The van der Waals surface area contributed by atoms with E-state index in [-0.39, 0.29) is 11.2 Å². The predicted molar refractivity (Wildman–Crippen MR) is 74.0 cm³/mol. The van der Waals surface area contributed by atoms with Crippen LogP contribution in [0.25, 0.3) is 0 Å². The third-order valence-electron chi connectivity index (χ3n) is 3.41. The SMILES string of the molecule is CCC(C)(C)c1ccc(C(=O)CCCCl)cc1. The molecule has 0 fully saturated rings. The van der Waals surface area contributed by atoms with Crippen molar-refractivity contribution in [1.29, 1.82) is 0 Å². The van der Waals surface area contributed by atoms with Gasteiger partial charge in [0.1, 0.15) is 0 Å². The lowest BCUT2D eigenvalue weighted by Gasteiger charge is -2.23. The fourth-order valence-electron chi connectivity index (χ4n) is 1.68. The van der Waals surface area contributed by atoms with Gasteiger partial charge in [0.25, 0.3) is 0 Å². The lowest BCUT2D eigenvalue weighted by molar-refractivity contribution is 0.0982. The number of hydrogen-bond donors (Lipinski definition) is 0.